The minimum absolute atomic E-state index is 0.238. The molecule has 18 heavy (non-hydrogen) atoms. The van der Waals surface area contributed by atoms with Gasteiger partial charge in [0.2, 0.25) is 0 Å². The van der Waals surface area contributed by atoms with Crippen LogP contribution in [0.3, 0.4) is 0 Å². The highest BCUT2D eigenvalue weighted by atomic mass is 15.2. The van der Waals surface area contributed by atoms with Gasteiger partial charge in [-0.25, -0.2) is 4.98 Å². The first kappa shape index (κ1) is 12.4. The smallest absolute Gasteiger partial charge is 0.131 e. The van der Waals surface area contributed by atoms with E-state index in [1.54, 1.807) is 0 Å². The molecule has 0 amide bonds. The average molecular weight is 241 g/mol. The summed E-state index contributed by atoms with van der Waals surface area (Å²) in [6, 6.07) is 12.3. The van der Waals surface area contributed by atoms with Crippen molar-refractivity contribution in [2.24, 2.45) is 0 Å². The van der Waals surface area contributed by atoms with Crippen molar-refractivity contribution in [1.29, 1.82) is 0 Å². The largest absolute Gasteiger partial charge is 0.399 e. The molecule has 1 aromatic carbocycles. The maximum Gasteiger partial charge on any atom is 0.131 e. The lowest BCUT2D eigenvalue weighted by Gasteiger charge is -2.27. The summed E-state index contributed by atoms with van der Waals surface area (Å²) >= 11 is 0. The minimum Gasteiger partial charge on any atom is -0.399 e. The molecule has 94 valence electrons. The highest BCUT2D eigenvalue weighted by Crippen LogP contribution is 2.26. The van der Waals surface area contributed by atoms with Crippen LogP contribution in [0, 0.1) is 6.92 Å². The van der Waals surface area contributed by atoms with E-state index in [-0.39, 0.29) is 6.04 Å². The minimum atomic E-state index is 0.238. The molecule has 2 rings (SSSR count). The van der Waals surface area contributed by atoms with Crippen LogP contribution in [0.25, 0.3) is 0 Å². The average Bonchev–Trinajstić information content (AvgIpc) is 2.37. The number of hydrogen-bond donors (Lipinski definition) is 1. The standard InChI is InChI=1S/C15H19N3/c1-11-6-5-9-17-15(11)18(3)12(2)13-7-4-8-14(16)10-13/h4-10,12H,16H2,1-3H3. The first-order valence-corrected chi connectivity index (χ1v) is 6.09. The van der Waals surface area contributed by atoms with E-state index in [1.807, 2.05) is 30.5 Å². The van der Waals surface area contributed by atoms with E-state index in [0.717, 1.165) is 11.5 Å². The second kappa shape index (κ2) is 5.08. The molecule has 0 radical (unpaired) electrons. The van der Waals surface area contributed by atoms with E-state index in [0.29, 0.717) is 0 Å². The highest BCUT2D eigenvalue weighted by molar-refractivity contribution is 5.49. The molecule has 0 saturated heterocycles. The summed E-state index contributed by atoms with van der Waals surface area (Å²) in [7, 11) is 2.06. The lowest BCUT2D eigenvalue weighted by molar-refractivity contribution is 0.726. The van der Waals surface area contributed by atoms with Crippen molar-refractivity contribution >= 4 is 11.5 Å². The van der Waals surface area contributed by atoms with Gasteiger partial charge in [-0.1, -0.05) is 18.2 Å². The Hall–Kier alpha value is -2.03. The van der Waals surface area contributed by atoms with Crippen LogP contribution in [0.2, 0.25) is 0 Å². The molecule has 0 fully saturated rings. The van der Waals surface area contributed by atoms with Gasteiger partial charge in [0.05, 0.1) is 6.04 Å². The molecule has 0 aliphatic carbocycles. The first-order valence-electron chi connectivity index (χ1n) is 6.09. The number of pyridine rings is 1. The maximum absolute atomic E-state index is 5.83. The molecule has 0 spiro atoms. The number of rotatable bonds is 3. The molecule has 3 nitrogen and oxygen atoms in total. The van der Waals surface area contributed by atoms with Crippen molar-refractivity contribution in [2.75, 3.05) is 17.7 Å². The molecule has 0 saturated carbocycles. The van der Waals surface area contributed by atoms with Gasteiger partial charge in [0.25, 0.3) is 0 Å². The molecule has 1 aromatic heterocycles. The zero-order valence-electron chi connectivity index (χ0n) is 11.1. The number of nitrogens with zero attached hydrogens (tertiary/aromatic N) is 2. The van der Waals surface area contributed by atoms with Crippen molar-refractivity contribution in [1.82, 2.24) is 4.98 Å². The van der Waals surface area contributed by atoms with Crippen LogP contribution in [0.4, 0.5) is 11.5 Å². The zero-order valence-corrected chi connectivity index (χ0v) is 11.1. The Morgan fingerprint density at radius 2 is 2.00 bits per heavy atom. The highest BCUT2D eigenvalue weighted by Gasteiger charge is 2.14. The fraction of sp³-hybridized carbons (Fsp3) is 0.267. The van der Waals surface area contributed by atoms with Crippen molar-refractivity contribution in [3.8, 4) is 0 Å². The van der Waals surface area contributed by atoms with Crippen LogP contribution in [0.5, 0.6) is 0 Å². The summed E-state index contributed by atoms with van der Waals surface area (Å²) in [5, 5.41) is 0. The number of aromatic nitrogens is 1. The Kier molecular flexibility index (Phi) is 3.51. The van der Waals surface area contributed by atoms with E-state index >= 15 is 0 Å². The van der Waals surface area contributed by atoms with Gasteiger partial charge in [-0.05, 0) is 43.2 Å². The Bertz CT molecular complexity index is 537. The second-order valence-electron chi connectivity index (χ2n) is 4.60. The molecule has 1 heterocycles. The van der Waals surface area contributed by atoms with Crippen LogP contribution in [0.15, 0.2) is 42.6 Å². The number of benzene rings is 1. The number of hydrogen-bond acceptors (Lipinski definition) is 3. The second-order valence-corrected chi connectivity index (χ2v) is 4.60. The van der Waals surface area contributed by atoms with Crippen LogP contribution in [-0.4, -0.2) is 12.0 Å². The Balaban J connectivity index is 2.29. The van der Waals surface area contributed by atoms with Crippen LogP contribution in [0.1, 0.15) is 24.1 Å². The molecule has 0 aliphatic heterocycles. The predicted octanol–water partition coefficient (Wildman–Crippen LogP) is 3.17. The number of anilines is 2. The molecule has 0 bridgehead atoms. The van der Waals surface area contributed by atoms with Gasteiger partial charge in [-0.3, -0.25) is 0 Å². The Morgan fingerprint density at radius 3 is 2.67 bits per heavy atom. The third kappa shape index (κ3) is 2.45. The number of nitrogen functional groups attached to an aromatic ring is 1. The summed E-state index contributed by atoms with van der Waals surface area (Å²) in [5.74, 6) is 1.01. The SMILES string of the molecule is Cc1cccnc1N(C)C(C)c1cccc(N)c1. The Morgan fingerprint density at radius 1 is 1.22 bits per heavy atom. The number of aryl methyl sites for hydroxylation is 1. The molecule has 0 aliphatic rings. The molecule has 2 aromatic rings. The van der Waals surface area contributed by atoms with Gasteiger partial charge >= 0.3 is 0 Å². The van der Waals surface area contributed by atoms with Crippen LogP contribution in [-0.2, 0) is 0 Å². The van der Waals surface area contributed by atoms with Gasteiger partial charge in [0.1, 0.15) is 5.82 Å². The van der Waals surface area contributed by atoms with Gasteiger partial charge in [-0.2, -0.15) is 0 Å². The third-order valence-electron chi connectivity index (χ3n) is 3.29. The van der Waals surface area contributed by atoms with E-state index in [2.05, 4.69) is 42.9 Å². The summed E-state index contributed by atoms with van der Waals surface area (Å²) in [5.41, 5.74) is 9.00. The molecular weight excluding hydrogens is 222 g/mol. The van der Waals surface area contributed by atoms with Gasteiger partial charge in [-0.15, -0.1) is 0 Å². The van der Waals surface area contributed by atoms with Gasteiger partial charge in [0, 0.05) is 18.9 Å². The van der Waals surface area contributed by atoms with E-state index in [1.165, 1.54) is 11.1 Å². The first-order chi connectivity index (χ1) is 8.59. The topological polar surface area (TPSA) is 42.2 Å². The summed E-state index contributed by atoms with van der Waals surface area (Å²) in [6.07, 6.45) is 1.82. The van der Waals surface area contributed by atoms with Crippen LogP contribution >= 0.6 is 0 Å². The fourth-order valence-corrected chi connectivity index (χ4v) is 2.07. The van der Waals surface area contributed by atoms with E-state index in [4.69, 9.17) is 5.73 Å². The molecule has 3 heteroatoms. The molecule has 2 N–H and O–H groups in total. The normalized spacial score (nSPS) is 12.2. The van der Waals surface area contributed by atoms with Crippen molar-refractivity contribution in [2.45, 2.75) is 19.9 Å². The Labute approximate surface area is 108 Å². The summed E-state index contributed by atoms with van der Waals surface area (Å²) < 4.78 is 0. The monoisotopic (exact) mass is 241 g/mol. The molecular formula is C15H19N3. The fourth-order valence-electron chi connectivity index (χ4n) is 2.07. The zero-order chi connectivity index (χ0) is 13.1. The quantitative estimate of drug-likeness (QED) is 0.839. The van der Waals surface area contributed by atoms with Crippen molar-refractivity contribution in [3.63, 3.8) is 0 Å². The van der Waals surface area contributed by atoms with E-state index in [9.17, 15) is 0 Å². The van der Waals surface area contributed by atoms with Crippen molar-refractivity contribution in [3.05, 3.63) is 53.7 Å². The van der Waals surface area contributed by atoms with Crippen molar-refractivity contribution < 1.29 is 0 Å². The summed E-state index contributed by atoms with van der Waals surface area (Å²) in [6.45, 7) is 4.23. The van der Waals surface area contributed by atoms with Gasteiger partial charge < -0.3 is 10.6 Å². The van der Waals surface area contributed by atoms with E-state index < -0.39 is 0 Å². The van der Waals surface area contributed by atoms with Crippen LogP contribution < -0.4 is 10.6 Å². The lowest BCUT2D eigenvalue weighted by Crippen LogP contribution is -2.23. The molecule has 1 unspecified atom stereocenters. The molecule has 1 atom stereocenters. The maximum atomic E-state index is 5.83. The summed E-state index contributed by atoms with van der Waals surface area (Å²) in [4.78, 5) is 6.61. The number of nitrogens with two attached hydrogens (primary N) is 1. The third-order valence-corrected chi connectivity index (χ3v) is 3.29. The van der Waals surface area contributed by atoms with Gasteiger partial charge in [0.15, 0.2) is 0 Å². The predicted molar refractivity (Wildman–Crippen MR) is 76.6 cm³/mol. The lowest BCUT2D eigenvalue weighted by atomic mass is 10.1.